The Kier molecular flexibility index (Phi) is 3.22. The molecule has 0 saturated heterocycles. The summed E-state index contributed by atoms with van der Waals surface area (Å²) in [5.74, 6) is 0.848. The van der Waals surface area contributed by atoms with Crippen LogP contribution in [0, 0.1) is 12.3 Å². The fraction of sp³-hybridized carbons (Fsp3) is 0.583. The highest BCUT2D eigenvalue weighted by molar-refractivity contribution is 5.53. The number of nitrogens with zero attached hydrogens (tertiary/aromatic N) is 1. The molecule has 3 N–H and O–H groups in total. The van der Waals surface area contributed by atoms with Crippen molar-refractivity contribution in [3.05, 3.63) is 17.8 Å². The lowest BCUT2D eigenvalue weighted by atomic mass is 9.88. The summed E-state index contributed by atoms with van der Waals surface area (Å²) in [5, 5.41) is 3.36. The van der Waals surface area contributed by atoms with Crippen LogP contribution in [0.4, 0.5) is 11.5 Å². The van der Waals surface area contributed by atoms with Gasteiger partial charge in [0.15, 0.2) is 0 Å². The predicted molar refractivity (Wildman–Crippen MR) is 65.9 cm³/mol. The Labute approximate surface area is 92.1 Å². The summed E-state index contributed by atoms with van der Waals surface area (Å²) in [6.07, 6.45) is 1.80. The summed E-state index contributed by atoms with van der Waals surface area (Å²) in [5.41, 5.74) is 7.84. The highest BCUT2D eigenvalue weighted by atomic mass is 15.0. The molecule has 1 rings (SSSR count). The predicted octanol–water partition coefficient (Wildman–Crippen LogP) is 2.82. The number of aryl methyl sites for hydroxylation is 1. The topological polar surface area (TPSA) is 50.9 Å². The van der Waals surface area contributed by atoms with Gasteiger partial charge < -0.3 is 11.1 Å². The van der Waals surface area contributed by atoms with Gasteiger partial charge in [-0.2, -0.15) is 0 Å². The molecule has 0 aliphatic heterocycles. The molecule has 0 saturated carbocycles. The first-order valence-corrected chi connectivity index (χ1v) is 5.29. The zero-order valence-corrected chi connectivity index (χ0v) is 10.3. The molecule has 15 heavy (non-hydrogen) atoms. The van der Waals surface area contributed by atoms with Gasteiger partial charge in [-0.1, -0.05) is 20.8 Å². The van der Waals surface area contributed by atoms with Crippen LogP contribution in [0.2, 0.25) is 0 Å². The second-order valence-corrected chi connectivity index (χ2v) is 5.16. The van der Waals surface area contributed by atoms with Crippen LogP contribution in [0.15, 0.2) is 12.3 Å². The van der Waals surface area contributed by atoms with Crippen LogP contribution < -0.4 is 11.1 Å². The molecule has 3 nitrogen and oxygen atoms in total. The van der Waals surface area contributed by atoms with Gasteiger partial charge in [0.25, 0.3) is 0 Å². The van der Waals surface area contributed by atoms with Gasteiger partial charge in [0, 0.05) is 24.0 Å². The van der Waals surface area contributed by atoms with Crippen molar-refractivity contribution in [3.63, 3.8) is 0 Å². The molecule has 0 aliphatic carbocycles. The van der Waals surface area contributed by atoms with Gasteiger partial charge in [0.1, 0.15) is 5.82 Å². The van der Waals surface area contributed by atoms with E-state index in [0.29, 0.717) is 6.04 Å². The summed E-state index contributed by atoms with van der Waals surface area (Å²) >= 11 is 0. The maximum atomic E-state index is 5.83. The molecule has 0 aromatic carbocycles. The quantitative estimate of drug-likeness (QED) is 0.784. The highest BCUT2D eigenvalue weighted by Gasteiger charge is 2.19. The van der Waals surface area contributed by atoms with Gasteiger partial charge >= 0.3 is 0 Å². The number of pyridine rings is 1. The van der Waals surface area contributed by atoms with Crippen LogP contribution in [0.5, 0.6) is 0 Å². The van der Waals surface area contributed by atoms with Gasteiger partial charge in [0.2, 0.25) is 0 Å². The number of nitrogens with one attached hydrogen (secondary N) is 1. The lowest BCUT2D eigenvalue weighted by molar-refractivity contribution is 0.359. The van der Waals surface area contributed by atoms with Gasteiger partial charge in [-0.3, -0.25) is 0 Å². The summed E-state index contributed by atoms with van der Waals surface area (Å²) in [7, 11) is 0. The number of rotatable bonds is 2. The van der Waals surface area contributed by atoms with E-state index in [1.54, 1.807) is 6.20 Å². The van der Waals surface area contributed by atoms with Crippen molar-refractivity contribution in [1.29, 1.82) is 0 Å². The summed E-state index contributed by atoms with van der Waals surface area (Å²) in [6, 6.07) is 2.24. The summed E-state index contributed by atoms with van der Waals surface area (Å²) in [6.45, 7) is 10.7. The third-order valence-corrected chi connectivity index (χ3v) is 2.81. The normalized spacial score (nSPS) is 13.7. The number of hydrogen-bond acceptors (Lipinski definition) is 3. The Bertz CT molecular complexity index is 339. The van der Waals surface area contributed by atoms with Gasteiger partial charge in [-0.15, -0.1) is 0 Å². The molecule has 84 valence electrons. The van der Waals surface area contributed by atoms with Crippen molar-refractivity contribution in [2.24, 2.45) is 5.41 Å². The van der Waals surface area contributed by atoms with Crippen molar-refractivity contribution in [1.82, 2.24) is 4.98 Å². The van der Waals surface area contributed by atoms with E-state index in [9.17, 15) is 0 Å². The Morgan fingerprint density at radius 2 is 2.00 bits per heavy atom. The van der Waals surface area contributed by atoms with Crippen molar-refractivity contribution in [3.8, 4) is 0 Å². The van der Waals surface area contributed by atoms with Crippen LogP contribution in [0.1, 0.15) is 33.3 Å². The number of aromatic nitrogens is 1. The minimum Gasteiger partial charge on any atom is -0.398 e. The smallest absolute Gasteiger partial charge is 0.128 e. The summed E-state index contributed by atoms with van der Waals surface area (Å²) < 4.78 is 0. The average molecular weight is 207 g/mol. The molecule has 1 aromatic heterocycles. The molecule has 0 bridgehead atoms. The van der Waals surface area contributed by atoms with E-state index >= 15 is 0 Å². The van der Waals surface area contributed by atoms with Crippen LogP contribution in [-0.2, 0) is 0 Å². The number of hydrogen-bond donors (Lipinski definition) is 2. The Balaban J connectivity index is 2.78. The maximum absolute atomic E-state index is 5.83. The SMILES string of the molecule is Cc1cnc(NC(C)C(C)(C)C)cc1N. The van der Waals surface area contributed by atoms with E-state index in [4.69, 9.17) is 5.73 Å². The molecule has 1 unspecified atom stereocenters. The van der Waals surface area contributed by atoms with Crippen LogP contribution in [0.3, 0.4) is 0 Å². The zero-order chi connectivity index (χ0) is 11.6. The average Bonchev–Trinajstić information content (AvgIpc) is 2.10. The molecular weight excluding hydrogens is 186 g/mol. The van der Waals surface area contributed by atoms with Gasteiger partial charge in [0.05, 0.1) is 0 Å². The van der Waals surface area contributed by atoms with E-state index in [2.05, 4.69) is 38.0 Å². The molecule has 0 radical (unpaired) electrons. The molecular formula is C12H21N3. The van der Waals surface area contributed by atoms with Gasteiger partial charge in [-0.25, -0.2) is 4.98 Å². The zero-order valence-electron chi connectivity index (χ0n) is 10.3. The fourth-order valence-corrected chi connectivity index (χ4v) is 1.06. The number of nitrogens with two attached hydrogens (primary N) is 1. The number of anilines is 2. The number of nitrogen functional groups attached to an aromatic ring is 1. The van der Waals surface area contributed by atoms with Crippen molar-refractivity contribution >= 4 is 11.5 Å². The lowest BCUT2D eigenvalue weighted by Crippen LogP contribution is -2.31. The monoisotopic (exact) mass is 207 g/mol. The Morgan fingerprint density at radius 3 is 2.47 bits per heavy atom. The largest absolute Gasteiger partial charge is 0.398 e. The minimum atomic E-state index is 0.210. The molecule has 3 heteroatoms. The third-order valence-electron chi connectivity index (χ3n) is 2.81. The molecule has 0 fully saturated rings. The molecule has 1 atom stereocenters. The van der Waals surface area contributed by atoms with Crippen molar-refractivity contribution in [2.75, 3.05) is 11.1 Å². The third kappa shape index (κ3) is 3.11. The molecule has 0 aliphatic rings. The second kappa shape index (κ2) is 4.09. The highest BCUT2D eigenvalue weighted by Crippen LogP contribution is 2.23. The first kappa shape index (κ1) is 11.8. The van der Waals surface area contributed by atoms with E-state index in [1.807, 2.05) is 13.0 Å². The van der Waals surface area contributed by atoms with Gasteiger partial charge in [-0.05, 0) is 24.8 Å². The molecule has 1 aromatic rings. The molecule has 0 amide bonds. The Morgan fingerprint density at radius 1 is 1.40 bits per heavy atom. The lowest BCUT2D eigenvalue weighted by Gasteiger charge is -2.28. The minimum absolute atomic E-state index is 0.210. The first-order chi connectivity index (χ1) is 6.80. The first-order valence-electron chi connectivity index (χ1n) is 5.29. The fourth-order valence-electron chi connectivity index (χ4n) is 1.06. The van der Waals surface area contributed by atoms with Crippen molar-refractivity contribution in [2.45, 2.75) is 40.7 Å². The van der Waals surface area contributed by atoms with E-state index in [-0.39, 0.29) is 5.41 Å². The van der Waals surface area contributed by atoms with Crippen molar-refractivity contribution < 1.29 is 0 Å². The summed E-state index contributed by atoms with van der Waals surface area (Å²) in [4.78, 5) is 4.30. The maximum Gasteiger partial charge on any atom is 0.128 e. The van der Waals surface area contributed by atoms with Crippen LogP contribution in [-0.4, -0.2) is 11.0 Å². The Hall–Kier alpha value is -1.25. The second-order valence-electron chi connectivity index (χ2n) is 5.16. The van der Waals surface area contributed by atoms with E-state index in [1.165, 1.54) is 0 Å². The molecule has 0 spiro atoms. The van der Waals surface area contributed by atoms with Crippen LogP contribution in [0.25, 0.3) is 0 Å². The molecule has 1 heterocycles. The van der Waals surface area contributed by atoms with E-state index < -0.39 is 0 Å². The standard InChI is InChI=1S/C12H21N3/c1-8-7-14-11(6-10(8)13)15-9(2)12(3,4)5/h6-7,9H,1-5H3,(H3,13,14,15). The van der Waals surface area contributed by atoms with Crippen LogP contribution >= 0.6 is 0 Å². The van der Waals surface area contributed by atoms with E-state index in [0.717, 1.165) is 17.1 Å².